The first kappa shape index (κ1) is 14.6. The molecule has 0 saturated carbocycles. The van der Waals surface area contributed by atoms with Crippen molar-refractivity contribution >= 4 is 23.2 Å². The molecule has 6 heteroatoms. The third-order valence-electron chi connectivity index (χ3n) is 2.52. The summed E-state index contributed by atoms with van der Waals surface area (Å²) in [5, 5.41) is 14.1. The summed E-state index contributed by atoms with van der Waals surface area (Å²) in [6.07, 6.45) is 0.975. The minimum atomic E-state index is -1.01. The molecule has 0 spiro atoms. The molecule has 18 heavy (non-hydrogen) atoms. The van der Waals surface area contributed by atoms with E-state index >= 15 is 0 Å². The Morgan fingerprint density at radius 3 is 2.61 bits per heavy atom. The van der Waals surface area contributed by atoms with Crippen molar-refractivity contribution in [2.45, 2.75) is 39.7 Å². The van der Waals surface area contributed by atoms with Gasteiger partial charge < -0.3 is 10.4 Å². The second-order valence-corrected chi connectivity index (χ2v) is 5.33. The molecule has 2 N–H and O–H groups in total. The molecule has 5 nitrogen and oxygen atoms in total. The maximum absolute atomic E-state index is 11.7. The quantitative estimate of drug-likeness (QED) is 0.820. The molecule has 0 aromatic carbocycles. The highest BCUT2D eigenvalue weighted by atomic mass is 32.1. The Balaban J connectivity index is 2.57. The van der Waals surface area contributed by atoms with Gasteiger partial charge in [0.2, 0.25) is 5.91 Å². The maximum Gasteiger partial charge on any atom is 0.326 e. The Labute approximate surface area is 110 Å². The fraction of sp³-hybridized carbons (Fsp3) is 0.583. The summed E-state index contributed by atoms with van der Waals surface area (Å²) in [6.45, 7) is 5.52. The molecule has 1 heterocycles. The molecular weight excluding hydrogens is 252 g/mol. The number of nitrogens with one attached hydrogen (secondary N) is 1. The van der Waals surface area contributed by atoms with Gasteiger partial charge >= 0.3 is 5.97 Å². The van der Waals surface area contributed by atoms with Crippen LogP contribution >= 0.6 is 11.3 Å². The minimum Gasteiger partial charge on any atom is -0.480 e. The van der Waals surface area contributed by atoms with Crippen molar-refractivity contribution in [3.05, 3.63) is 16.1 Å². The molecule has 1 atom stereocenters. The summed E-state index contributed by atoms with van der Waals surface area (Å²) in [5.41, 5.74) is 0.960. The van der Waals surface area contributed by atoms with Crippen molar-refractivity contribution in [1.29, 1.82) is 0 Å². The van der Waals surface area contributed by atoms with Crippen LogP contribution in [0.3, 0.4) is 0 Å². The van der Waals surface area contributed by atoms with Crippen molar-refractivity contribution in [1.82, 2.24) is 10.3 Å². The maximum atomic E-state index is 11.7. The lowest BCUT2D eigenvalue weighted by atomic mass is 10.0. The molecule has 0 aliphatic carbocycles. The highest BCUT2D eigenvalue weighted by molar-refractivity contribution is 7.09. The second kappa shape index (κ2) is 6.49. The van der Waals surface area contributed by atoms with E-state index in [9.17, 15) is 9.59 Å². The van der Waals surface area contributed by atoms with Gasteiger partial charge in [0.25, 0.3) is 0 Å². The van der Waals surface area contributed by atoms with Crippen molar-refractivity contribution in [3.8, 4) is 0 Å². The van der Waals surface area contributed by atoms with Crippen LogP contribution in [0.2, 0.25) is 0 Å². The SMILES string of the molecule is CCc1csc(CC(=O)N[C@H](C(=O)O)C(C)C)n1. The summed E-state index contributed by atoms with van der Waals surface area (Å²) in [7, 11) is 0. The van der Waals surface area contributed by atoms with Crippen LogP contribution in [0.25, 0.3) is 0 Å². The van der Waals surface area contributed by atoms with Crippen molar-refractivity contribution in [2.24, 2.45) is 5.92 Å². The van der Waals surface area contributed by atoms with E-state index in [0.29, 0.717) is 0 Å². The molecule has 1 aromatic rings. The first-order valence-corrected chi connectivity index (χ1v) is 6.77. The van der Waals surface area contributed by atoms with Gasteiger partial charge in [-0.3, -0.25) is 4.79 Å². The predicted molar refractivity (Wildman–Crippen MR) is 69.6 cm³/mol. The lowest BCUT2D eigenvalue weighted by Gasteiger charge is -2.17. The first-order chi connectivity index (χ1) is 8.43. The molecule has 0 radical (unpaired) electrons. The Hall–Kier alpha value is -1.43. The van der Waals surface area contributed by atoms with Crippen LogP contribution in [-0.2, 0) is 22.4 Å². The zero-order valence-corrected chi connectivity index (χ0v) is 11.6. The van der Waals surface area contributed by atoms with Crippen molar-refractivity contribution in [3.63, 3.8) is 0 Å². The average molecular weight is 270 g/mol. The Morgan fingerprint density at radius 1 is 1.50 bits per heavy atom. The summed E-state index contributed by atoms with van der Waals surface area (Å²) >= 11 is 1.43. The van der Waals surface area contributed by atoms with Crippen LogP contribution in [0.1, 0.15) is 31.5 Å². The third-order valence-corrected chi connectivity index (χ3v) is 3.42. The van der Waals surface area contributed by atoms with Crippen molar-refractivity contribution in [2.75, 3.05) is 0 Å². The van der Waals surface area contributed by atoms with E-state index in [1.54, 1.807) is 13.8 Å². The number of thiazole rings is 1. The fourth-order valence-corrected chi connectivity index (χ4v) is 2.34. The minimum absolute atomic E-state index is 0.140. The van der Waals surface area contributed by atoms with E-state index in [1.807, 2.05) is 12.3 Å². The monoisotopic (exact) mass is 270 g/mol. The number of hydrogen-bond acceptors (Lipinski definition) is 4. The summed E-state index contributed by atoms with van der Waals surface area (Å²) < 4.78 is 0. The van der Waals surface area contributed by atoms with E-state index in [4.69, 9.17) is 5.11 Å². The molecule has 1 aromatic heterocycles. The van der Waals surface area contributed by atoms with Gasteiger partial charge in [-0.25, -0.2) is 9.78 Å². The van der Waals surface area contributed by atoms with Gasteiger partial charge in [-0.2, -0.15) is 0 Å². The lowest BCUT2D eigenvalue weighted by Crippen LogP contribution is -2.44. The van der Waals surface area contributed by atoms with Crippen LogP contribution < -0.4 is 5.32 Å². The van der Waals surface area contributed by atoms with Crippen LogP contribution in [0.15, 0.2) is 5.38 Å². The number of carbonyl (C=O) groups is 2. The van der Waals surface area contributed by atoms with E-state index in [2.05, 4.69) is 10.3 Å². The van der Waals surface area contributed by atoms with Gasteiger partial charge in [0.05, 0.1) is 12.1 Å². The molecular formula is C12H18N2O3S. The number of carboxylic acid groups (broad SMARTS) is 1. The van der Waals surface area contributed by atoms with E-state index < -0.39 is 12.0 Å². The van der Waals surface area contributed by atoms with Crippen LogP contribution in [0, 0.1) is 5.92 Å². The Morgan fingerprint density at radius 2 is 2.17 bits per heavy atom. The molecule has 0 unspecified atom stereocenters. The smallest absolute Gasteiger partial charge is 0.326 e. The predicted octanol–water partition coefficient (Wildman–Crippen LogP) is 1.47. The fourth-order valence-electron chi connectivity index (χ4n) is 1.47. The molecule has 0 bridgehead atoms. The molecule has 1 rings (SSSR count). The highest BCUT2D eigenvalue weighted by Gasteiger charge is 2.23. The summed E-state index contributed by atoms with van der Waals surface area (Å²) in [6, 6.07) is -0.844. The lowest BCUT2D eigenvalue weighted by molar-refractivity contribution is -0.143. The zero-order valence-electron chi connectivity index (χ0n) is 10.8. The van der Waals surface area contributed by atoms with E-state index in [0.717, 1.165) is 17.1 Å². The number of amides is 1. The molecule has 0 aliphatic rings. The number of nitrogens with zero attached hydrogens (tertiary/aromatic N) is 1. The van der Waals surface area contributed by atoms with E-state index in [-0.39, 0.29) is 18.2 Å². The third kappa shape index (κ3) is 4.10. The van der Waals surface area contributed by atoms with Crippen molar-refractivity contribution < 1.29 is 14.7 Å². The van der Waals surface area contributed by atoms with Crippen LogP contribution in [0.4, 0.5) is 0 Å². The Kier molecular flexibility index (Phi) is 5.27. The van der Waals surface area contributed by atoms with Crippen LogP contribution in [0.5, 0.6) is 0 Å². The number of aromatic nitrogens is 1. The molecule has 0 aliphatic heterocycles. The van der Waals surface area contributed by atoms with Gasteiger partial charge in [0.15, 0.2) is 0 Å². The number of carbonyl (C=O) groups excluding carboxylic acids is 1. The standard InChI is InChI=1S/C12H18N2O3S/c1-4-8-6-18-10(13-8)5-9(15)14-11(7(2)3)12(16)17/h6-7,11H,4-5H2,1-3H3,(H,14,15)(H,16,17)/t11-/m0/s1. The number of hydrogen-bond donors (Lipinski definition) is 2. The van der Waals surface area contributed by atoms with Gasteiger partial charge in [-0.15, -0.1) is 11.3 Å². The number of aliphatic carboxylic acids is 1. The summed E-state index contributed by atoms with van der Waals surface area (Å²) in [5.74, 6) is -1.45. The molecule has 0 fully saturated rings. The van der Waals surface area contributed by atoms with Gasteiger partial charge in [-0.1, -0.05) is 20.8 Å². The molecule has 1 amide bonds. The molecule has 0 saturated heterocycles. The van der Waals surface area contributed by atoms with Gasteiger partial charge in [0, 0.05) is 5.38 Å². The van der Waals surface area contributed by atoms with E-state index in [1.165, 1.54) is 11.3 Å². The zero-order chi connectivity index (χ0) is 13.7. The number of aryl methyl sites for hydroxylation is 1. The topological polar surface area (TPSA) is 79.3 Å². The number of rotatable bonds is 6. The molecule has 100 valence electrons. The normalized spacial score (nSPS) is 12.4. The Bertz CT molecular complexity index is 429. The first-order valence-electron chi connectivity index (χ1n) is 5.89. The van der Waals surface area contributed by atoms with Gasteiger partial charge in [-0.05, 0) is 12.3 Å². The van der Waals surface area contributed by atoms with Crippen LogP contribution in [-0.4, -0.2) is 28.0 Å². The summed E-state index contributed by atoms with van der Waals surface area (Å²) in [4.78, 5) is 26.9. The van der Waals surface area contributed by atoms with Gasteiger partial charge in [0.1, 0.15) is 11.0 Å². The highest BCUT2D eigenvalue weighted by Crippen LogP contribution is 2.11. The number of carboxylic acids is 1. The average Bonchev–Trinajstić information content (AvgIpc) is 2.72. The second-order valence-electron chi connectivity index (χ2n) is 4.39. The largest absolute Gasteiger partial charge is 0.480 e.